The number of fused-ring (bicyclic) bond motifs is 1. The smallest absolute Gasteiger partial charge is 0.329 e. The van der Waals surface area contributed by atoms with E-state index in [0.29, 0.717) is 23.5 Å². The number of thiophene rings is 1. The fourth-order valence-electron chi connectivity index (χ4n) is 4.59. The lowest BCUT2D eigenvalue weighted by molar-refractivity contribution is -0.165. The van der Waals surface area contributed by atoms with Crippen LogP contribution in [-0.2, 0) is 32.0 Å². The zero-order chi connectivity index (χ0) is 25.2. The second kappa shape index (κ2) is 10.4. The van der Waals surface area contributed by atoms with Crippen LogP contribution in [0.3, 0.4) is 0 Å². The van der Waals surface area contributed by atoms with E-state index in [2.05, 4.69) is 10.6 Å². The monoisotopic (exact) mass is 492 g/mol. The van der Waals surface area contributed by atoms with Crippen molar-refractivity contribution in [2.45, 2.75) is 84.4 Å². The molecule has 3 amide bonds. The predicted octanol–water partition coefficient (Wildman–Crippen LogP) is 2.22. The molecule has 2 aliphatic rings. The van der Waals surface area contributed by atoms with E-state index in [1.807, 2.05) is 13.8 Å². The fraction of sp³-hybridized carbons (Fsp3) is 0.667. The number of carbonyl (C=O) groups is 4. The summed E-state index contributed by atoms with van der Waals surface area (Å²) in [5.74, 6) is -1.64. The predicted molar refractivity (Wildman–Crippen MR) is 131 cm³/mol. The quantitative estimate of drug-likeness (QED) is 0.477. The van der Waals surface area contributed by atoms with Crippen molar-refractivity contribution < 1.29 is 23.9 Å². The van der Waals surface area contributed by atoms with Crippen LogP contribution in [0, 0.1) is 5.92 Å². The minimum atomic E-state index is -0.678. The Labute approximate surface area is 204 Å². The van der Waals surface area contributed by atoms with Gasteiger partial charge in [-0.3, -0.25) is 19.7 Å². The van der Waals surface area contributed by atoms with Gasteiger partial charge in [-0.2, -0.15) is 0 Å². The molecule has 1 aliphatic carbocycles. The zero-order valence-electron chi connectivity index (χ0n) is 20.7. The lowest BCUT2D eigenvalue weighted by atomic mass is 9.95. The van der Waals surface area contributed by atoms with Crippen molar-refractivity contribution in [1.82, 2.24) is 10.2 Å². The van der Waals surface area contributed by atoms with Gasteiger partial charge in [-0.15, -0.1) is 11.3 Å². The van der Waals surface area contributed by atoms with Crippen molar-refractivity contribution >= 4 is 40.0 Å². The summed E-state index contributed by atoms with van der Waals surface area (Å²) in [6.07, 6.45) is 4.22. The number of primary amides is 1. The van der Waals surface area contributed by atoms with Gasteiger partial charge in [0.15, 0.2) is 0 Å². The van der Waals surface area contributed by atoms with Gasteiger partial charge in [0.1, 0.15) is 16.6 Å². The van der Waals surface area contributed by atoms with E-state index in [9.17, 15) is 19.2 Å². The van der Waals surface area contributed by atoms with E-state index in [0.717, 1.165) is 36.1 Å². The van der Waals surface area contributed by atoms with Crippen LogP contribution in [0.1, 0.15) is 74.7 Å². The Kier molecular flexibility index (Phi) is 8.02. The third-order valence-corrected chi connectivity index (χ3v) is 7.24. The first-order chi connectivity index (χ1) is 15.9. The highest BCUT2D eigenvalue weighted by Gasteiger charge is 2.42. The van der Waals surface area contributed by atoms with Gasteiger partial charge in [0.2, 0.25) is 11.8 Å². The molecule has 0 bridgehead atoms. The molecule has 0 spiro atoms. The van der Waals surface area contributed by atoms with E-state index >= 15 is 0 Å². The Balaban J connectivity index is 1.61. The molecule has 9 nitrogen and oxygen atoms in total. The number of nitrogens with two attached hydrogens (primary N) is 1. The van der Waals surface area contributed by atoms with Crippen LogP contribution in [0.15, 0.2) is 0 Å². The summed E-state index contributed by atoms with van der Waals surface area (Å²) < 4.78 is 5.53. The van der Waals surface area contributed by atoms with E-state index in [4.69, 9.17) is 10.5 Å². The van der Waals surface area contributed by atoms with Crippen LogP contribution in [-0.4, -0.2) is 59.4 Å². The summed E-state index contributed by atoms with van der Waals surface area (Å²) in [6.45, 7) is 9.47. The highest BCUT2D eigenvalue weighted by molar-refractivity contribution is 7.17. The number of likely N-dealkylation sites (tertiary alicyclic amines) is 1. The third-order valence-electron chi connectivity index (χ3n) is 6.04. The second-order valence-electron chi connectivity index (χ2n) is 10.3. The zero-order valence-corrected chi connectivity index (χ0v) is 21.5. The Morgan fingerprint density at radius 2 is 1.88 bits per heavy atom. The lowest BCUT2D eigenvalue weighted by Crippen LogP contribution is -2.51. The summed E-state index contributed by atoms with van der Waals surface area (Å²) in [5, 5.41) is 6.29. The molecule has 2 atom stereocenters. The van der Waals surface area contributed by atoms with Gasteiger partial charge in [0, 0.05) is 11.4 Å². The summed E-state index contributed by atoms with van der Waals surface area (Å²) >= 11 is 1.41. The van der Waals surface area contributed by atoms with E-state index in [1.54, 1.807) is 25.7 Å². The van der Waals surface area contributed by atoms with Crippen molar-refractivity contribution in [3.8, 4) is 0 Å². The SMILES string of the molecule is CC(C)C(C(=O)OC(C)(C)C)N1CCC(NCC(=O)Nc2sc3c(c2C(N)=O)CCCC3)C1=O. The Morgan fingerprint density at radius 1 is 1.21 bits per heavy atom. The van der Waals surface area contributed by atoms with Gasteiger partial charge in [-0.05, 0) is 64.4 Å². The normalized spacial score (nSPS) is 19.2. The van der Waals surface area contributed by atoms with Crippen LogP contribution in [0.25, 0.3) is 0 Å². The number of hydrogen-bond acceptors (Lipinski definition) is 7. The Morgan fingerprint density at radius 3 is 2.50 bits per heavy atom. The highest BCUT2D eigenvalue weighted by Crippen LogP contribution is 2.37. The third kappa shape index (κ3) is 5.96. The van der Waals surface area contributed by atoms with Gasteiger partial charge in [-0.1, -0.05) is 13.8 Å². The summed E-state index contributed by atoms with van der Waals surface area (Å²) in [5.41, 5.74) is 6.31. The maximum atomic E-state index is 13.0. The molecule has 1 aliphatic heterocycles. The molecular formula is C24H36N4O5S. The van der Waals surface area contributed by atoms with Gasteiger partial charge < -0.3 is 20.7 Å². The van der Waals surface area contributed by atoms with Crippen LogP contribution < -0.4 is 16.4 Å². The van der Waals surface area contributed by atoms with Crippen molar-refractivity contribution in [3.05, 3.63) is 16.0 Å². The van der Waals surface area contributed by atoms with Crippen molar-refractivity contribution in [1.29, 1.82) is 0 Å². The number of nitrogens with one attached hydrogen (secondary N) is 2. The van der Waals surface area contributed by atoms with Crippen molar-refractivity contribution in [2.75, 3.05) is 18.4 Å². The maximum absolute atomic E-state index is 13.0. The number of carbonyl (C=O) groups excluding carboxylic acids is 4. The number of nitrogens with zero attached hydrogens (tertiary/aromatic N) is 1. The minimum Gasteiger partial charge on any atom is -0.458 e. The molecule has 1 aromatic rings. The minimum absolute atomic E-state index is 0.0935. The first kappa shape index (κ1) is 26.2. The molecule has 34 heavy (non-hydrogen) atoms. The highest BCUT2D eigenvalue weighted by atomic mass is 32.1. The largest absolute Gasteiger partial charge is 0.458 e. The fourth-order valence-corrected chi connectivity index (χ4v) is 5.90. The molecule has 2 heterocycles. The lowest BCUT2D eigenvalue weighted by Gasteiger charge is -2.32. The number of ether oxygens (including phenoxy) is 1. The molecule has 4 N–H and O–H groups in total. The maximum Gasteiger partial charge on any atom is 0.329 e. The van der Waals surface area contributed by atoms with Gasteiger partial charge in [-0.25, -0.2) is 4.79 Å². The molecule has 3 rings (SSSR count). The van der Waals surface area contributed by atoms with E-state index < -0.39 is 29.6 Å². The van der Waals surface area contributed by atoms with Crippen molar-refractivity contribution in [3.63, 3.8) is 0 Å². The molecule has 0 aromatic carbocycles. The molecule has 1 saturated heterocycles. The van der Waals surface area contributed by atoms with Crippen LogP contribution in [0.4, 0.5) is 5.00 Å². The number of esters is 1. The number of hydrogen-bond donors (Lipinski definition) is 3. The molecular weight excluding hydrogens is 456 g/mol. The molecule has 188 valence electrons. The van der Waals surface area contributed by atoms with Crippen LogP contribution >= 0.6 is 11.3 Å². The Hall–Kier alpha value is -2.46. The first-order valence-electron chi connectivity index (χ1n) is 11.9. The number of anilines is 1. The summed E-state index contributed by atoms with van der Waals surface area (Å²) in [7, 11) is 0. The average Bonchev–Trinajstić information content (AvgIpc) is 3.25. The molecule has 10 heteroatoms. The topological polar surface area (TPSA) is 131 Å². The van der Waals surface area contributed by atoms with E-state index in [-0.39, 0.29) is 24.3 Å². The Bertz CT molecular complexity index is 965. The standard InChI is InChI=1S/C24H36N4O5S/c1-13(2)19(23(32)33-24(3,4)5)28-11-10-15(22(28)31)26-12-17(29)27-21-18(20(25)30)14-8-6-7-9-16(14)34-21/h13,15,19,26H,6-12H2,1-5H3,(H2,25,30)(H,27,29). The van der Waals surface area contributed by atoms with Crippen molar-refractivity contribution in [2.24, 2.45) is 11.7 Å². The van der Waals surface area contributed by atoms with E-state index in [1.165, 1.54) is 11.3 Å². The molecule has 1 fully saturated rings. The first-order valence-corrected chi connectivity index (χ1v) is 12.7. The van der Waals surface area contributed by atoms with Gasteiger partial charge in [0.05, 0.1) is 18.2 Å². The molecule has 1 aromatic heterocycles. The number of aryl methyl sites for hydroxylation is 1. The van der Waals surface area contributed by atoms with Gasteiger partial charge >= 0.3 is 5.97 Å². The van der Waals surface area contributed by atoms with Gasteiger partial charge in [0.25, 0.3) is 5.91 Å². The number of rotatable bonds is 8. The summed E-state index contributed by atoms with van der Waals surface area (Å²) in [6, 6.07) is -1.25. The molecule has 2 unspecified atom stereocenters. The molecule has 0 saturated carbocycles. The molecule has 0 radical (unpaired) electrons. The number of amides is 3. The van der Waals surface area contributed by atoms with Crippen LogP contribution in [0.2, 0.25) is 0 Å². The summed E-state index contributed by atoms with van der Waals surface area (Å²) in [4.78, 5) is 53.1. The second-order valence-corrected chi connectivity index (χ2v) is 11.4. The van der Waals surface area contributed by atoms with Crippen LogP contribution in [0.5, 0.6) is 0 Å². The average molecular weight is 493 g/mol.